The maximum Gasteiger partial charge on any atom is 0.310 e. The lowest BCUT2D eigenvalue weighted by Crippen LogP contribution is -2.10. The van der Waals surface area contributed by atoms with Crippen molar-refractivity contribution in [2.45, 2.75) is 19.8 Å². The molecule has 0 saturated carbocycles. The van der Waals surface area contributed by atoms with Crippen LogP contribution in [0.25, 0.3) is 0 Å². The van der Waals surface area contributed by atoms with Crippen LogP contribution < -0.4 is 0 Å². The van der Waals surface area contributed by atoms with Crippen LogP contribution in [0, 0.1) is 21.4 Å². The number of ether oxygens (including phenoxy) is 1. The molecular weight excluding hydrogens is 274 g/mol. The van der Waals surface area contributed by atoms with E-state index in [1.807, 2.05) is 0 Å². The van der Waals surface area contributed by atoms with Gasteiger partial charge in [-0.05, 0) is 18.6 Å². The summed E-state index contributed by atoms with van der Waals surface area (Å²) in [4.78, 5) is 21.0. The molecule has 1 aromatic rings. The minimum atomic E-state index is -3.08. The molecule has 8 heteroatoms. The predicted molar refractivity (Wildman–Crippen MR) is 63.1 cm³/mol. The van der Waals surface area contributed by atoms with Gasteiger partial charge in [-0.1, -0.05) is 0 Å². The zero-order valence-electron chi connectivity index (χ0n) is 10.4. The fraction of sp³-hybridized carbons (Fsp3) is 0.333. The zero-order valence-corrected chi connectivity index (χ0v) is 10.4. The summed E-state index contributed by atoms with van der Waals surface area (Å²) >= 11 is 0. The van der Waals surface area contributed by atoms with Crippen LogP contribution in [0.1, 0.15) is 30.0 Å². The first kappa shape index (κ1) is 15.5. The van der Waals surface area contributed by atoms with E-state index in [0.29, 0.717) is 0 Å². The number of nitro groups is 1. The third-order valence-corrected chi connectivity index (χ3v) is 2.44. The van der Waals surface area contributed by atoms with Crippen molar-refractivity contribution in [3.8, 4) is 6.07 Å². The summed E-state index contributed by atoms with van der Waals surface area (Å²) in [5, 5.41) is 19.6. The first-order valence-corrected chi connectivity index (χ1v) is 5.55. The number of carbonyl (C=O) groups excluding carboxylic acids is 1. The smallest absolute Gasteiger partial charge is 0.310 e. The van der Waals surface area contributed by atoms with Crippen molar-refractivity contribution < 1.29 is 23.2 Å². The molecule has 0 aliphatic rings. The Morgan fingerprint density at radius 3 is 2.65 bits per heavy atom. The van der Waals surface area contributed by atoms with Crippen molar-refractivity contribution in [1.29, 1.82) is 5.26 Å². The van der Waals surface area contributed by atoms with Crippen LogP contribution in [-0.2, 0) is 16.0 Å². The number of rotatable bonds is 5. The lowest BCUT2D eigenvalue weighted by atomic mass is 10.0. The monoisotopic (exact) mass is 284 g/mol. The molecule has 1 aromatic carbocycles. The van der Waals surface area contributed by atoms with Crippen molar-refractivity contribution in [1.82, 2.24) is 0 Å². The predicted octanol–water partition coefficient (Wildman–Crippen LogP) is 2.51. The number of alkyl halides is 2. The molecule has 0 radical (unpaired) electrons. The van der Waals surface area contributed by atoms with Crippen molar-refractivity contribution in [2.24, 2.45) is 0 Å². The normalized spacial score (nSPS) is 10.2. The van der Waals surface area contributed by atoms with E-state index in [0.717, 1.165) is 12.1 Å². The molecular formula is C12H10F2N2O4. The molecule has 106 valence electrons. The van der Waals surface area contributed by atoms with E-state index in [1.165, 1.54) is 0 Å². The molecule has 0 unspecified atom stereocenters. The summed E-state index contributed by atoms with van der Waals surface area (Å²) < 4.78 is 30.2. The van der Waals surface area contributed by atoms with Gasteiger partial charge in [0.15, 0.2) is 0 Å². The highest BCUT2D eigenvalue weighted by Gasteiger charge is 2.25. The van der Waals surface area contributed by atoms with Crippen molar-refractivity contribution in [3.63, 3.8) is 0 Å². The van der Waals surface area contributed by atoms with Crippen LogP contribution in [0.3, 0.4) is 0 Å². The number of halogens is 2. The second-order valence-corrected chi connectivity index (χ2v) is 3.72. The molecule has 0 spiro atoms. The van der Waals surface area contributed by atoms with Gasteiger partial charge in [0.1, 0.15) is 0 Å². The molecule has 0 saturated heterocycles. The fourth-order valence-electron chi connectivity index (χ4n) is 1.60. The van der Waals surface area contributed by atoms with Crippen molar-refractivity contribution in [3.05, 3.63) is 38.9 Å². The molecule has 0 aromatic heterocycles. The molecule has 0 atom stereocenters. The highest BCUT2D eigenvalue weighted by molar-refractivity contribution is 5.74. The molecule has 0 aliphatic carbocycles. The molecule has 1 rings (SSSR count). The lowest BCUT2D eigenvalue weighted by Gasteiger charge is -2.08. The van der Waals surface area contributed by atoms with Crippen LogP contribution >= 0.6 is 0 Å². The fourth-order valence-corrected chi connectivity index (χ4v) is 1.60. The Labute approximate surface area is 112 Å². The number of carbonyl (C=O) groups is 1. The van der Waals surface area contributed by atoms with E-state index < -0.39 is 35.0 Å². The summed E-state index contributed by atoms with van der Waals surface area (Å²) in [6.07, 6.45) is -3.47. The van der Waals surface area contributed by atoms with Crippen molar-refractivity contribution in [2.75, 3.05) is 6.61 Å². The van der Waals surface area contributed by atoms with Crippen LogP contribution in [-0.4, -0.2) is 17.5 Å². The third-order valence-electron chi connectivity index (χ3n) is 2.44. The molecule has 20 heavy (non-hydrogen) atoms. The molecule has 0 fully saturated rings. The van der Waals surface area contributed by atoms with Crippen LogP contribution in [0.2, 0.25) is 0 Å². The summed E-state index contributed by atoms with van der Waals surface area (Å²) in [6.45, 7) is 1.68. The summed E-state index contributed by atoms with van der Waals surface area (Å²) in [6, 6.07) is 3.20. The Morgan fingerprint density at radius 1 is 1.55 bits per heavy atom. The van der Waals surface area contributed by atoms with Gasteiger partial charge in [0.2, 0.25) is 0 Å². The summed E-state index contributed by atoms with van der Waals surface area (Å²) in [7, 11) is 0. The topological polar surface area (TPSA) is 93.2 Å². The Kier molecular flexibility index (Phi) is 5.08. The SMILES string of the molecule is CCOC(=O)Cc1cc(C(F)F)c([N+](=O)[O-])cc1C#N. The zero-order chi connectivity index (χ0) is 15.3. The number of hydrogen-bond acceptors (Lipinski definition) is 5. The maximum absolute atomic E-state index is 12.8. The number of benzene rings is 1. The summed E-state index contributed by atoms with van der Waals surface area (Å²) in [5.74, 6) is -0.696. The van der Waals surface area contributed by atoms with Crippen LogP contribution in [0.5, 0.6) is 0 Å². The number of nitro benzene ring substituents is 1. The average molecular weight is 284 g/mol. The van der Waals surface area contributed by atoms with Gasteiger partial charge in [-0.3, -0.25) is 14.9 Å². The van der Waals surface area contributed by atoms with Crippen LogP contribution in [0.4, 0.5) is 14.5 Å². The largest absolute Gasteiger partial charge is 0.466 e. The second-order valence-electron chi connectivity index (χ2n) is 3.72. The van der Waals surface area contributed by atoms with E-state index in [9.17, 15) is 23.7 Å². The second kappa shape index (κ2) is 6.56. The number of nitrogens with zero attached hydrogens (tertiary/aromatic N) is 2. The number of nitriles is 1. The standard InChI is InChI=1S/C12H10F2N2O4/c1-2-20-11(17)5-7-3-9(12(13)14)10(16(18)19)4-8(7)6-15/h3-4,12H,2,5H2,1H3. The van der Waals surface area contributed by atoms with Gasteiger partial charge >= 0.3 is 5.97 Å². The van der Waals surface area contributed by atoms with Gasteiger partial charge in [0, 0.05) is 6.07 Å². The molecule has 0 aliphatic heterocycles. The van der Waals surface area contributed by atoms with E-state index in [4.69, 9.17) is 5.26 Å². The third kappa shape index (κ3) is 3.47. The Morgan fingerprint density at radius 2 is 2.20 bits per heavy atom. The van der Waals surface area contributed by atoms with Gasteiger partial charge in [-0.2, -0.15) is 5.26 Å². The van der Waals surface area contributed by atoms with Crippen LogP contribution in [0.15, 0.2) is 12.1 Å². The molecule has 6 nitrogen and oxygen atoms in total. The van der Waals surface area contributed by atoms with E-state index in [2.05, 4.69) is 4.74 Å². The first-order valence-electron chi connectivity index (χ1n) is 5.55. The quantitative estimate of drug-likeness (QED) is 0.470. The lowest BCUT2D eigenvalue weighted by molar-refractivity contribution is -0.386. The Bertz CT molecular complexity index is 582. The van der Waals surface area contributed by atoms with Crippen molar-refractivity contribution >= 4 is 11.7 Å². The Balaban J connectivity index is 3.31. The molecule has 0 bridgehead atoms. The molecule has 0 N–H and O–H groups in total. The number of esters is 1. The highest BCUT2D eigenvalue weighted by atomic mass is 19.3. The molecule has 0 heterocycles. The first-order chi connectivity index (χ1) is 9.40. The Hall–Kier alpha value is -2.56. The van der Waals surface area contributed by atoms with Gasteiger partial charge < -0.3 is 4.74 Å². The van der Waals surface area contributed by atoms with Gasteiger partial charge in [0.05, 0.1) is 35.1 Å². The number of hydrogen-bond donors (Lipinski definition) is 0. The maximum atomic E-state index is 12.8. The van der Waals surface area contributed by atoms with E-state index >= 15 is 0 Å². The van der Waals surface area contributed by atoms with Gasteiger partial charge in [-0.15, -0.1) is 0 Å². The van der Waals surface area contributed by atoms with Gasteiger partial charge in [-0.25, -0.2) is 8.78 Å². The minimum absolute atomic E-state index is 0.0214. The molecule has 0 amide bonds. The highest BCUT2D eigenvalue weighted by Crippen LogP contribution is 2.31. The van der Waals surface area contributed by atoms with E-state index in [-0.39, 0.29) is 17.7 Å². The van der Waals surface area contributed by atoms with Gasteiger partial charge in [0.25, 0.3) is 12.1 Å². The minimum Gasteiger partial charge on any atom is -0.466 e. The summed E-state index contributed by atoms with van der Waals surface area (Å²) in [5.41, 5.74) is -1.89. The average Bonchev–Trinajstić information content (AvgIpc) is 2.38. The van der Waals surface area contributed by atoms with E-state index in [1.54, 1.807) is 13.0 Å².